The molecule has 0 radical (unpaired) electrons. The molecule has 0 N–H and O–H groups in total. The number of thiocarbonyl (C=S) groups is 1. The second kappa shape index (κ2) is 11.0. The van der Waals surface area contributed by atoms with E-state index < -0.39 is 17.3 Å². The first-order valence-corrected chi connectivity index (χ1v) is 11.7. The fraction of sp³-hybridized carbons (Fsp3) is 0.577. The Morgan fingerprint density at radius 3 is 2.33 bits per heavy atom. The summed E-state index contributed by atoms with van der Waals surface area (Å²) < 4.78 is 28.0. The topological polar surface area (TPSA) is 12.4 Å². The van der Waals surface area contributed by atoms with E-state index >= 15 is 0 Å². The highest BCUT2D eigenvalue weighted by molar-refractivity contribution is 7.78. The van der Waals surface area contributed by atoms with E-state index in [2.05, 4.69) is 42.9 Å². The van der Waals surface area contributed by atoms with E-state index in [1.54, 1.807) is 0 Å². The van der Waals surface area contributed by atoms with Gasteiger partial charge in [-0.05, 0) is 81.1 Å². The zero-order valence-corrected chi connectivity index (χ0v) is 18.9. The van der Waals surface area contributed by atoms with E-state index in [0.717, 1.165) is 36.2 Å². The number of benzene rings is 1. The van der Waals surface area contributed by atoms with E-state index in [1.165, 1.54) is 69.1 Å². The van der Waals surface area contributed by atoms with Gasteiger partial charge in [0.1, 0.15) is 5.69 Å². The third-order valence-electron chi connectivity index (χ3n) is 6.90. The molecule has 0 amide bonds. The molecule has 1 unspecified atom stereocenters. The fourth-order valence-electron chi connectivity index (χ4n) is 5.11. The zero-order chi connectivity index (χ0) is 21.5. The Kier molecular flexibility index (Phi) is 8.37. The van der Waals surface area contributed by atoms with Crippen LogP contribution in [-0.4, -0.2) is 5.16 Å². The molecule has 0 aliphatic heterocycles. The summed E-state index contributed by atoms with van der Waals surface area (Å²) in [6.07, 6.45) is 12.9. The van der Waals surface area contributed by atoms with Gasteiger partial charge in [0.2, 0.25) is 0 Å². The van der Waals surface area contributed by atoms with Crippen LogP contribution in [-0.2, 0) is 0 Å². The molecular weight excluding hydrogens is 396 g/mol. The Morgan fingerprint density at radius 2 is 1.73 bits per heavy atom. The zero-order valence-electron chi connectivity index (χ0n) is 18.1. The molecular formula is C26H31F2NS. The lowest BCUT2D eigenvalue weighted by Crippen LogP contribution is -2.24. The van der Waals surface area contributed by atoms with Gasteiger partial charge in [0.25, 0.3) is 0 Å². The van der Waals surface area contributed by atoms with Gasteiger partial charge in [-0.3, -0.25) is 0 Å². The molecule has 160 valence electrons. The quantitative estimate of drug-likeness (QED) is 0.262. The minimum Gasteiger partial charge on any atom is -0.204 e. The average Bonchev–Trinajstić information content (AvgIpc) is 2.74. The number of nitrogens with zero attached hydrogens (tertiary/aromatic N) is 1. The maximum absolute atomic E-state index is 14.0. The van der Waals surface area contributed by atoms with Crippen molar-refractivity contribution in [2.45, 2.75) is 78.1 Å². The minimum absolute atomic E-state index is 0.321. The number of halogens is 2. The highest BCUT2D eigenvalue weighted by atomic mass is 32.1. The maximum atomic E-state index is 14.0. The van der Waals surface area contributed by atoms with Crippen molar-refractivity contribution < 1.29 is 8.78 Å². The summed E-state index contributed by atoms with van der Waals surface area (Å²) in [4.78, 5) is 3.44. The number of allylic oxidation sites excluding steroid dienone is 2. The van der Waals surface area contributed by atoms with Crippen molar-refractivity contribution in [1.29, 1.82) is 0 Å². The van der Waals surface area contributed by atoms with E-state index in [9.17, 15) is 8.78 Å². The molecule has 1 fully saturated rings. The van der Waals surface area contributed by atoms with Gasteiger partial charge in [0, 0.05) is 11.1 Å². The Bertz CT molecular complexity index is 870. The molecule has 2 aliphatic carbocycles. The van der Waals surface area contributed by atoms with Gasteiger partial charge in [0.15, 0.2) is 11.6 Å². The predicted octanol–water partition coefficient (Wildman–Crippen LogP) is 8.16. The number of unbranched alkanes of at least 4 members (excludes halogenated alkanes) is 1. The van der Waals surface area contributed by atoms with Gasteiger partial charge in [-0.1, -0.05) is 56.4 Å². The summed E-state index contributed by atoms with van der Waals surface area (Å²) in [6.45, 7) is 4.45. The molecule has 0 bridgehead atoms. The van der Waals surface area contributed by atoms with Crippen LogP contribution in [0, 0.1) is 41.2 Å². The van der Waals surface area contributed by atoms with Crippen LogP contribution >= 0.6 is 12.2 Å². The summed E-state index contributed by atoms with van der Waals surface area (Å²) in [5.74, 6) is 7.16. The molecule has 1 nitrogen and oxygen atoms in total. The normalized spacial score (nSPS) is 24.1. The van der Waals surface area contributed by atoms with Crippen LogP contribution in [0.25, 0.3) is 0 Å². The summed E-state index contributed by atoms with van der Waals surface area (Å²) in [7, 11) is 0. The van der Waals surface area contributed by atoms with Crippen LogP contribution in [0.2, 0.25) is 0 Å². The van der Waals surface area contributed by atoms with Gasteiger partial charge in [-0.15, -0.1) is 0 Å². The first-order chi connectivity index (χ1) is 14.5. The molecule has 30 heavy (non-hydrogen) atoms. The first-order valence-electron chi connectivity index (χ1n) is 11.3. The third kappa shape index (κ3) is 5.87. The van der Waals surface area contributed by atoms with Crippen LogP contribution in [0.5, 0.6) is 0 Å². The number of hydrogen-bond acceptors (Lipinski definition) is 2. The van der Waals surface area contributed by atoms with Crippen LogP contribution in [0.3, 0.4) is 0 Å². The molecule has 2 aliphatic rings. The second-order valence-electron chi connectivity index (χ2n) is 8.93. The number of isothiocyanates is 1. The molecule has 3 rings (SSSR count). The molecule has 1 atom stereocenters. The van der Waals surface area contributed by atoms with Crippen LogP contribution in [0.15, 0.2) is 28.3 Å². The lowest BCUT2D eigenvalue weighted by atomic mass is 9.69. The van der Waals surface area contributed by atoms with Crippen molar-refractivity contribution in [3.05, 3.63) is 40.5 Å². The van der Waals surface area contributed by atoms with Gasteiger partial charge >= 0.3 is 0 Å². The standard InChI is InChI=1S/C26H31F2NS/c1-3-4-5-19-6-10-22(11-7-19)23-13-12-21(18(2)14-23)9-8-20-15-24(27)26(29-17-30)25(28)16-20/h15-16,19,22-23H,3-7,10-14H2,1-2H3. The third-order valence-corrected chi connectivity index (χ3v) is 7.00. The van der Waals surface area contributed by atoms with E-state index in [4.69, 9.17) is 0 Å². The molecule has 0 spiro atoms. The second-order valence-corrected chi connectivity index (χ2v) is 9.11. The first kappa shape index (κ1) is 22.9. The van der Waals surface area contributed by atoms with Gasteiger partial charge in [-0.25, -0.2) is 8.78 Å². The lowest BCUT2D eigenvalue weighted by Gasteiger charge is -2.36. The predicted molar refractivity (Wildman–Crippen MR) is 123 cm³/mol. The van der Waals surface area contributed by atoms with Gasteiger partial charge in [0.05, 0.1) is 5.16 Å². The highest BCUT2D eigenvalue weighted by Crippen LogP contribution is 2.42. The maximum Gasteiger partial charge on any atom is 0.153 e. The Labute approximate surface area is 185 Å². The summed E-state index contributed by atoms with van der Waals surface area (Å²) in [6, 6.07) is 2.42. The van der Waals surface area contributed by atoms with E-state index in [1.807, 2.05) is 5.16 Å². The van der Waals surface area contributed by atoms with Crippen molar-refractivity contribution in [1.82, 2.24) is 0 Å². The number of hydrogen-bond donors (Lipinski definition) is 0. The SMILES string of the molecule is CCCCC1CCC(C2CCC(C#Cc3cc(F)c(N=C=S)c(F)c3)=C(C)C2)CC1. The molecule has 4 heteroatoms. The smallest absolute Gasteiger partial charge is 0.153 e. The van der Waals surface area contributed by atoms with Crippen molar-refractivity contribution in [3.63, 3.8) is 0 Å². The molecule has 1 aromatic carbocycles. The summed E-state index contributed by atoms with van der Waals surface area (Å²) in [5, 5.41) is 2.00. The Hall–Kier alpha value is -1.82. The highest BCUT2D eigenvalue weighted by Gasteiger charge is 2.29. The molecule has 1 aromatic rings. The molecule has 1 saturated carbocycles. The van der Waals surface area contributed by atoms with E-state index in [-0.39, 0.29) is 0 Å². The van der Waals surface area contributed by atoms with Crippen molar-refractivity contribution in [2.24, 2.45) is 22.7 Å². The van der Waals surface area contributed by atoms with Crippen molar-refractivity contribution in [2.75, 3.05) is 0 Å². The summed E-state index contributed by atoms with van der Waals surface area (Å²) in [5.41, 5.74) is 2.39. The van der Waals surface area contributed by atoms with Crippen LogP contribution < -0.4 is 0 Å². The van der Waals surface area contributed by atoms with Crippen LogP contribution in [0.1, 0.15) is 83.6 Å². The molecule has 0 saturated heterocycles. The minimum atomic E-state index is -0.763. The van der Waals surface area contributed by atoms with Crippen molar-refractivity contribution in [3.8, 4) is 11.8 Å². The molecule has 0 heterocycles. The lowest BCUT2D eigenvalue weighted by molar-refractivity contribution is 0.183. The largest absolute Gasteiger partial charge is 0.204 e. The average molecular weight is 428 g/mol. The monoisotopic (exact) mass is 427 g/mol. The Morgan fingerprint density at radius 1 is 1.03 bits per heavy atom. The summed E-state index contributed by atoms with van der Waals surface area (Å²) >= 11 is 4.43. The van der Waals surface area contributed by atoms with Crippen LogP contribution in [0.4, 0.5) is 14.5 Å². The fourth-order valence-corrected chi connectivity index (χ4v) is 5.20. The molecule has 0 aromatic heterocycles. The van der Waals surface area contributed by atoms with E-state index in [0.29, 0.717) is 5.56 Å². The number of rotatable bonds is 5. The van der Waals surface area contributed by atoms with Gasteiger partial charge in [-0.2, -0.15) is 4.99 Å². The van der Waals surface area contributed by atoms with Gasteiger partial charge < -0.3 is 0 Å². The number of aliphatic imine (C=N–C) groups is 1. The van der Waals surface area contributed by atoms with Crippen molar-refractivity contribution >= 4 is 23.1 Å². The Balaban J connectivity index is 1.62.